The number of carbonyl (C=O) groups is 1. The van der Waals surface area contributed by atoms with Gasteiger partial charge in [-0.3, -0.25) is 14.7 Å². The molecule has 1 saturated heterocycles. The Kier molecular flexibility index (Phi) is 10.1. The van der Waals surface area contributed by atoms with Gasteiger partial charge in [0, 0.05) is 60.0 Å². The quantitative estimate of drug-likeness (QED) is 0.150. The summed E-state index contributed by atoms with van der Waals surface area (Å²) in [7, 11) is 0. The van der Waals surface area contributed by atoms with E-state index in [9.17, 15) is 9.18 Å². The van der Waals surface area contributed by atoms with E-state index in [4.69, 9.17) is 43.4 Å². The van der Waals surface area contributed by atoms with E-state index < -0.39 is 5.82 Å². The third kappa shape index (κ3) is 7.66. The van der Waals surface area contributed by atoms with Crippen molar-refractivity contribution in [2.24, 2.45) is 5.73 Å². The Morgan fingerprint density at radius 1 is 1.14 bits per heavy atom. The Hall–Kier alpha value is -4.81. The van der Waals surface area contributed by atoms with E-state index in [-0.39, 0.29) is 23.7 Å². The number of anilines is 1. The van der Waals surface area contributed by atoms with Crippen molar-refractivity contribution >= 4 is 56.4 Å². The van der Waals surface area contributed by atoms with E-state index in [1.807, 2.05) is 30.3 Å². The first kappa shape index (κ1) is 33.7. The first-order valence-corrected chi connectivity index (χ1v) is 17.0. The number of hydrogen-bond acceptors (Lipinski definition) is 8. The van der Waals surface area contributed by atoms with Gasteiger partial charge in [0.2, 0.25) is 5.88 Å². The van der Waals surface area contributed by atoms with Crippen molar-refractivity contribution in [3.63, 3.8) is 0 Å². The van der Waals surface area contributed by atoms with Crippen LogP contribution in [-0.2, 0) is 24.4 Å². The first-order valence-electron chi connectivity index (χ1n) is 16.2. The zero-order chi connectivity index (χ0) is 34.6. The van der Waals surface area contributed by atoms with E-state index in [1.165, 1.54) is 12.3 Å². The minimum Gasteiger partial charge on any atom is -0.473 e. The van der Waals surface area contributed by atoms with Gasteiger partial charge in [-0.2, -0.15) is 0 Å². The zero-order valence-electron chi connectivity index (χ0n) is 27.0. The summed E-state index contributed by atoms with van der Waals surface area (Å²) in [6.45, 7) is 3.66. The highest BCUT2D eigenvalue weighted by Crippen LogP contribution is 2.27. The molecule has 0 bridgehead atoms. The number of nitrogens with two attached hydrogens (primary N) is 1. The van der Waals surface area contributed by atoms with Crippen LogP contribution in [0.15, 0.2) is 85.2 Å². The highest BCUT2D eigenvalue weighted by atomic mass is 35.5. The fourth-order valence-corrected chi connectivity index (χ4v) is 6.22. The van der Waals surface area contributed by atoms with Crippen LogP contribution >= 0.6 is 23.2 Å². The number of hydrogen-bond donors (Lipinski definition) is 2. The Labute approximate surface area is 298 Å². The smallest absolute Gasteiger partial charge is 0.255 e. The van der Waals surface area contributed by atoms with E-state index in [2.05, 4.69) is 30.8 Å². The van der Waals surface area contributed by atoms with Gasteiger partial charge < -0.3 is 25.1 Å². The fraction of sp³-hybridized carbons (Fsp3) is 0.243. The van der Waals surface area contributed by atoms with Gasteiger partial charge in [0.1, 0.15) is 18.2 Å². The molecule has 1 unspecified atom stereocenters. The van der Waals surface area contributed by atoms with E-state index >= 15 is 0 Å². The van der Waals surface area contributed by atoms with E-state index in [0.717, 1.165) is 54.1 Å². The number of ether oxygens (including phenoxy) is 2. The maximum atomic E-state index is 14.2. The predicted molar refractivity (Wildman–Crippen MR) is 192 cm³/mol. The first-order chi connectivity index (χ1) is 24.3. The van der Waals surface area contributed by atoms with Crippen LogP contribution in [0.4, 0.5) is 10.1 Å². The monoisotopic (exact) mass is 713 g/mol. The second-order valence-corrected chi connectivity index (χ2v) is 13.0. The van der Waals surface area contributed by atoms with Gasteiger partial charge in [0.15, 0.2) is 0 Å². The molecule has 3 aromatic heterocycles. The minimum absolute atomic E-state index is 0.0549. The number of rotatable bonds is 11. The van der Waals surface area contributed by atoms with Crippen molar-refractivity contribution < 1.29 is 18.7 Å². The Bertz CT molecular complexity index is 2110. The molecule has 7 rings (SSSR count). The van der Waals surface area contributed by atoms with Crippen LogP contribution in [0.2, 0.25) is 5.02 Å². The van der Waals surface area contributed by atoms with Crippen LogP contribution in [-0.4, -0.2) is 56.1 Å². The Morgan fingerprint density at radius 2 is 2.02 bits per heavy atom. The summed E-state index contributed by atoms with van der Waals surface area (Å²) < 4.78 is 28.0. The largest absolute Gasteiger partial charge is 0.473 e. The molecule has 0 saturated carbocycles. The van der Waals surface area contributed by atoms with Gasteiger partial charge in [-0.05, 0) is 66.9 Å². The molecule has 0 spiro atoms. The van der Waals surface area contributed by atoms with Crippen molar-refractivity contribution in [2.45, 2.75) is 38.6 Å². The molecule has 256 valence electrons. The normalized spacial score (nSPS) is 16.6. The molecule has 13 heteroatoms. The summed E-state index contributed by atoms with van der Waals surface area (Å²) in [4.78, 5) is 29.5. The molecule has 0 radical (unpaired) electrons. The average molecular weight is 715 g/mol. The van der Waals surface area contributed by atoms with E-state index in [0.29, 0.717) is 53.0 Å². The van der Waals surface area contributed by atoms with Crippen LogP contribution in [0.5, 0.6) is 5.88 Å². The molecule has 2 aliphatic rings. The average Bonchev–Trinajstić information content (AvgIpc) is 3.45. The molecular weight excluding hydrogens is 680 g/mol. The lowest BCUT2D eigenvalue weighted by Gasteiger charge is -2.29. The van der Waals surface area contributed by atoms with E-state index in [1.54, 1.807) is 36.5 Å². The third-order valence-electron chi connectivity index (χ3n) is 8.78. The number of nitrogens with zero attached hydrogens (tertiary/aromatic N) is 5. The second kappa shape index (κ2) is 15.0. The number of benzene rings is 2. The molecule has 5 heterocycles. The number of halogens is 3. The van der Waals surface area contributed by atoms with Crippen molar-refractivity contribution in [2.75, 3.05) is 25.0 Å². The topological polar surface area (TPSA) is 120 Å². The molecule has 50 heavy (non-hydrogen) atoms. The lowest BCUT2D eigenvalue weighted by Crippen LogP contribution is -2.33. The van der Waals surface area contributed by atoms with Crippen molar-refractivity contribution in [1.82, 2.24) is 24.4 Å². The minimum atomic E-state index is -0.411. The number of fused-ring (bicyclic) bond motifs is 1. The zero-order valence-corrected chi connectivity index (χ0v) is 28.5. The fourth-order valence-electron chi connectivity index (χ4n) is 5.96. The van der Waals surface area contributed by atoms with Gasteiger partial charge in [-0.15, -0.1) is 0 Å². The molecular formula is C37H34Cl2FN7O3. The number of pyridine rings is 2. The molecule has 2 aromatic carbocycles. The number of nitrogens with one attached hydrogen (secondary N) is 1. The van der Waals surface area contributed by atoms with Crippen LogP contribution in [0.3, 0.4) is 0 Å². The lowest BCUT2D eigenvalue weighted by molar-refractivity contribution is -0.0591. The molecule has 3 N–H and O–H groups in total. The molecule has 1 fully saturated rings. The summed E-state index contributed by atoms with van der Waals surface area (Å²) in [5.74, 6) is 0.656. The second-order valence-electron chi connectivity index (χ2n) is 12.1. The van der Waals surface area contributed by atoms with Crippen LogP contribution < -0.4 is 15.8 Å². The standard InChI is InChI=1S/C37H34Cl2FN7O3/c38-26-6-4-25(30(40)17-26)22-50-36-3-1-2-31(45-36)23-9-13-46(14-10-23)21-35-44-33-16-24(5-7-34(33)47(35)20-28-11-15-49-28)37(48)43-27-8-12-42-32(18-27)29(39)19-41/h1-9,12,16-19,28H,10-11,13-15,20-22,41H2,(H,42,43,48)/b29-19+. The number of imidazole rings is 1. The van der Waals surface area contributed by atoms with Gasteiger partial charge in [0.05, 0.1) is 46.6 Å². The Balaban J connectivity index is 1.04. The molecule has 5 aromatic rings. The molecule has 0 aliphatic carbocycles. The summed E-state index contributed by atoms with van der Waals surface area (Å²) >= 11 is 12.0. The number of amides is 1. The maximum Gasteiger partial charge on any atom is 0.255 e. The lowest BCUT2D eigenvalue weighted by atomic mass is 10.0. The third-order valence-corrected chi connectivity index (χ3v) is 9.33. The summed E-state index contributed by atoms with van der Waals surface area (Å²) in [6, 6.07) is 19.1. The van der Waals surface area contributed by atoms with Crippen LogP contribution in [0.25, 0.3) is 21.6 Å². The summed E-state index contributed by atoms with van der Waals surface area (Å²) in [6.07, 6.45) is 6.92. The maximum absolute atomic E-state index is 14.2. The molecule has 10 nitrogen and oxygen atoms in total. The van der Waals surface area contributed by atoms with Crippen molar-refractivity contribution in [3.8, 4) is 5.88 Å². The van der Waals surface area contributed by atoms with Crippen molar-refractivity contribution in [3.05, 3.63) is 124 Å². The van der Waals surface area contributed by atoms with Gasteiger partial charge in [-0.1, -0.05) is 41.4 Å². The van der Waals surface area contributed by atoms with Crippen LogP contribution in [0, 0.1) is 5.82 Å². The highest BCUT2D eigenvalue weighted by molar-refractivity contribution is 6.48. The Morgan fingerprint density at radius 3 is 2.78 bits per heavy atom. The predicted octanol–water partition coefficient (Wildman–Crippen LogP) is 7.02. The number of aromatic nitrogens is 4. The summed E-state index contributed by atoms with van der Waals surface area (Å²) in [5.41, 5.74) is 11.1. The van der Waals surface area contributed by atoms with Gasteiger partial charge in [0.25, 0.3) is 5.91 Å². The molecule has 1 atom stereocenters. The highest BCUT2D eigenvalue weighted by Gasteiger charge is 2.24. The molecule has 1 amide bonds. The molecule has 2 aliphatic heterocycles. The van der Waals surface area contributed by atoms with Crippen molar-refractivity contribution in [1.29, 1.82) is 0 Å². The van der Waals surface area contributed by atoms with Crippen LogP contribution in [0.1, 0.15) is 46.0 Å². The number of carbonyl (C=O) groups excluding carboxylic acids is 1. The SMILES string of the molecule is N/C=C(/Cl)c1cc(NC(=O)c2ccc3c(c2)nc(CN2CC=C(c4cccc(OCc5ccc(Cl)cc5F)n4)CC2)n3CC2CCO2)ccn1. The summed E-state index contributed by atoms with van der Waals surface area (Å²) in [5, 5.41) is 3.54. The van der Waals surface area contributed by atoms with Gasteiger partial charge in [-0.25, -0.2) is 14.4 Å². The van der Waals surface area contributed by atoms with Gasteiger partial charge >= 0.3 is 0 Å².